The van der Waals surface area contributed by atoms with Crippen LogP contribution < -0.4 is 5.32 Å². The number of hydrogen-bond acceptors (Lipinski definition) is 4. The molecule has 0 aromatic carbocycles. The first kappa shape index (κ1) is 15.7. The second-order valence-electron chi connectivity index (χ2n) is 6.53. The van der Waals surface area contributed by atoms with Crippen LogP contribution in [-0.2, 0) is 17.9 Å². The zero-order chi connectivity index (χ0) is 16.1. The van der Waals surface area contributed by atoms with Crippen molar-refractivity contribution in [2.75, 3.05) is 0 Å². The van der Waals surface area contributed by atoms with Crippen molar-refractivity contribution < 1.29 is 4.79 Å². The highest BCUT2D eigenvalue weighted by molar-refractivity contribution is 5.75. The SMILES string of the molecule is C#CCCC1(CCC(=O)NCc2cnn(CC3CCC3)c2)N=N1. The molecule has 0 atom stereocenters. The molecule has 0 bridgehead atoms. The molecular weight excluding hydrogens is 290 g/mol. The number of hydrogen-bond donors (Lipinski definition) is 1. The summed E-state index contributed by atoms with van der Waals surface area (Å²) in [5.41, 5.74) is 0.665. The van der Waals surface area contributed by atoms with Gasteiger partial charge in [-0.15, -0.1) is 12.3 Å². The standard InChI is InChI=1S/C17H23N5O/c1-2-3-8-17(20-21-17)9-7-16(23)18-10-15-11-19-22(13-15)12-14-5-4-6-14/h1,11,13-14H,3-10,12H2,(H,18,23). The zero-order valence-corrected chi connectivity index (χ0v) is 13.4. The zero-order valence-electron chi connectivity index (χ0n) is 13.4. The fourth-order valence-electron chi connectivity index (χ4n) is 2.81. The Labute approximate surface area is 136 Å². The highest BCUT2D eigenvalue weighted by Gasteiger charge is 2.39. The number of nitrogens with zero attached hydrogens (tertiary/aromatic N) is 4. The van der Waals surface area contributed by atoms with Gasteiger partial charge in [0.15, 0.2) is 5.66 Å². The maximum absolute atomic E-state index is 11.9. The summed E-state index contributed by atoms with van der Waals surface area (Å²) in [5, 5.41) is 15.4. The Kier molecular flexibility index (Phi) is 4.75. The van der Waals surface area contributed by atoms with E-state index in [-0.39, 0.29) is 11.6 Å². The van der Waals surface area contributed by atoms with Crippen LogP contribution in [0.2, 0.25) is 0 Å². The molecule has 1 amide bonds. The van der Waals surface area contributed by atoms with Gasteiger partial charge in [0, 0.05) is 50.5 Å². The topological polar surface area (TPSA) is 71.6 Å². The second kappa shape index (κ2) is 6.95. The minimum Gasteiger partial charge on any atom is -0.352 e. The first-order valence-electron chi connectivity index (χ1n) is 8.35. The van der Waals surface area contributed by atoms with Gasteiger partial charge in [-0.1, -0.05) is 6.42 Å². The molecule has 23 heavy (non-hydrogen) atoms. The van der Waals surface area contributed by atoms with Crippen molar-refractivity contribution in [1.82, 2.24) is 15.1 Å². The number of amides is 1. The Hall–Kier alpha value is -2.16. The van der Waals surface area contributed by atoms with Crippen molar-refractivity contribution in [3.63, 3.8) is 0 Å². The van der Waals surface area contributed by atoms with Crippen LogP contribution in [0.3, 0.4) is 0 Å². The van der Waals surface area contributed by atoms with Gasteiger partial charge in [0.1, 0.15) is 0 Å². The van der Waals surface area contributed by atoms with Crippen LogP contribution in [0.25, 0.3) is 0 Å². The van der Waals surface area contributed by atoms with Gasteiger partial charge in [-0.2, -0.15) is 15.3 Å². The smallest absolute Gasteiger partial charge is 0.220 e. The Morgan fingerprint density at radius 1 is 1.43 bits per heavy atom. The molecule has 6 heteroatoms. The number of nitrogens with one attached hydrogen (secondary N) is 1. The quantitative estimate of drug-likeness (QED) is 0.712. The Balaban J connectivity index is 1.35. The molecule has 0 saturated heterocycles. The summed E-state index contributed by atoms with van der Waals surface area (Å²) >= 11 is 0. The van der Waals surface area contributed by atoms with Gasteiger partial charge in [-0.05, 0) is 18.8 Å². The summed E-state index contributed by atoms with van der Waals surface area (Å²) in [5.74, 6) is 3.39. The molecule has 1 aromatic rings. The lowest BCUT2D eigenvalue weighted by Crippen LogP contribution is -2.24. The highest BCUT2D eigenvalue weighted by Crippen LogP contribution is 2.37. The maximum Gasteiger partial charge on any atom is 0.220 e. The molecule has 0 radical (unpaired) electrons. The number of carbonyl (C=O) groups is 1. The van der Waals surface area contributed by atoms with Crippen LogP contribution in [-0.4, -0.2) is 21.4 Å². The fourth-order valence-corrected chi connectivity index (χ4v) is 2.81. The summed E-state index contributed by atoms with van der Waals surface area (Å²) in [4.78, 5) is 11.9. The monoisotopic (exact) mass is 313 g/mol. The Morgan fingerprint density at radius 2 is 2.26 bits per heavy atom. The van der Waals surface area contributed by atoms with E-state index in [0.29, 0.717) is 25.8 Å². The lowest BCUT2D eigenvalue weighted by atomic mass is 9.85. The molecule has 2 aliphatic rings. The summed E-state index contributed by atoms with van der Waals surface area (Å²) < 4.78 is 1.99. The molecule has 0 spiro atoms. The minimum absolute atomic E-state index is 0.0223. The van der Waals surface area contributed by atoms with Gasteiger partial charge < -0.3 is 5.32 Å². The summed E-state index contributed by atoms with van der Waals surface area (Å²) in [6.45, 7) is 1.52. The van der Waals surface area contributed by atoms with E-state index in [9.17, 15) is 4.79 Å². The van der Waals surface area contributed by atoms with Crippen LogP contribution in [0.15, 0.2) is 22.6 Å². The van der Waals surface area contributed by atoms with Crippen molar-refractivity contribution in [3.05, 3.63) is 18.0 Å². The van der Waals surface area contributed by atoms with Crippen LogP contribution >= 0.6 is 0 Å². The average Bonchev–Trinajstić information content (AvgIpc) is 3.14. The van der Waals surface area contributed by atoms with Crippen molar-refractivity contribution >= 4 is 5.91 Å². The first-order chi connectivity index (χ1) is 11.2. The van der Waals surface area contributed by atoms with Crippen LogP contribution in [0.4, 0.5) is 0 Å². The van der Waals surface area contributed by atoms with E-state index in [4.69, 9.17) is 6.42 Å². The third-order valence-corrected chi connectivity index (χ3v) is 4.65. The molecule has 122 valence electrons. The molecule has 1 fully saturated rings. The second-order valence-corrected chi connectivity index (χ2v) is 6.53. The summed E-state index contributed by atoms with van der Waals surface area (Å²) in [6, 6.07) is 0. The van der Waals surface area contributed by atoms with E-state index in [0.717, 1.165) is 24.4 Å². The third kappa shape index (κ3) is 4.41. The van der Waals surface area contributed by atoms with Crippen molar-refractivity contribution in [2.45, 2.75) is 63.7 Å². The van der Waals surface area contributed by atoms with Crippen LogP contribution in [0.1, 0.15) is 50.5 Å². The predicted molar refractivity (Wildman–Crippen MR) is 86.3 cm³/mol. The van der Waals surface area contributed by atoms with Crippen molar-refractivity contribution in [2.24, 2.45) is 16.1 Å². The fraction of sp³-hybridized carbons (Fsp3) is 0.647. The maximum atomic E-state index is 11.9. The normalized spacial score (nSPS) is 18.2. The Morgan fingerprint density at radius 3 is 2.91 bits per heavy atom. The Bertz CT molecular complexity index is 617. The predicted octanol–water partition coefficient (Wildman–Crippen LogP) is 2.66. The third-order valence-electron chi connectivity index (χ3n) is 4.65. The molecule has 6 nitrogen and oxygen atoms in total. The van der Waals surface area contributed by atoms with E-state index in [1.54, 1.807) is 0 Å². The molecule has 2 heterocycles. The largest absolute Gasteiger partial charge is 0.352 e. The minimum atomic E-state index is -0.378. The van der Waals surface area contributed by atoms with E-state index in [1.165, 1.54) is 19.3 Å². The molecule has 0 unspecified atom stereocenters. The number of terminal acetylenes is 1. The molecular formula is C17H23N5O. The van der Waals surface area contributed by atoms with Gasteiger partial charge >= 0.3 is 0 Å². The van der Waals surface area contributed by atoms with Crippen LogP contribution in [0.5, 0.6) is 0 Å². The summed E-state index contributed by atoms with van der Waals surface area (Å²) in [7, 11) is 0. The molecule has 1 aliphatic heterocycles. The van der Waals surface area contributed by atoms with E-state index in [1.807, 2.05) is 17.1 Å². The van der Waals surface area contributed by atoms with E-state index in [2.05, 4.69) is 26.6 Å². The molecule has 1 saturated carbocycles. The van der Waals surface area contributed by atoms with Gasteiger partial charge in [0.25, 0.3) is 0 Å². The average molecular weight is 313 g/mol. The van der Waals surface area contributed by atoms with Crippen molar-refractivity contribution in [1.29, 1.82) is 0 Å². The molecule has 1 N–H and O–H groups in total. The van der Waals surface area contributed by atoms with Gasteiger partial charge in [0.05, 0.1) is 6.20 Å². The first-order valence-corrected chi connectivity index (χ1v) is 8.35. The number of rotatable bonds is 9. The number of aromatic nitrogens is 2. The van der Waals surface area contributed by atoms with Gasteiger partial charge in [-0.3, -0.25) is 9.48 Å². The lowest BCUT2D eigenvalue weighted by Gasteiger charge is -2.24. The van der Waals surface area contributed by atoms with Crippen LogP contribution in [0, 0.1) is 18.3 Å². The number of carbonyl (C=O) groups excluding carboxylic acids is 1. The van der Waals surface area contributed by atoms with Crippen molar-refractivity contribution in [3.8, 4) is 12.3 Å². The van der Waals surface area contributed by atoms with E-state index >= 15 is 0 Å². The lowest BCUT2D eigenvalue weighted by molar-refractivity contribution is -0.121. The molecule has 1 aromatic heterocycles. The summed E-state index contributed by atoms with van der Waals surface area (Å²) in [6.07, 6.45) is 15.5. The van der Waals surface area contributed by atoms with E-state index < -0.39 is 0 Å². The highest BCUT2D eigenvalue weighted by atomic mass is 16.1. The molecule has 1 aliphatic carbocycles. The van der Waals surface area contributed by atoms with Gasteiger partial charge in [0.2, 0.25) is 5.91 Å². The molecule has 3 rings (SSSR count). The van der Waals surface area contributed by atoms with Gasteiger partial charge in [-0.25, -0.2) is 0 Å².